The van der Waals surface area contributed by atoms with Crippen molar-refractivity contribution in [3.8, 4) is 0 Å². The lowest BCUT2D eigenvalue weighted by Gasteiger charge is -2.22. The van der Waals surface area contributed by atoms with Crippen LogP contribution in [0.4, 0.5) is 5.69 Å². The highest BCUT2D eigenvalue weighted by Crippen LogP contribution is 2.26. The molecule has 1 heterocycles. The van der Waals surface area contributed by atoms with Gasteiger partial charge in [0.1, 0.15) is 6.54 Å². The Kier molecular flexibility index (Phi) is 7.10. The average molecular weight is 400 g/mol. The molecule has 134 valence electrons. The van der Waals surface area contributed by atoms with Crippen LogP contribution in [0, 0.1) is 0 Å². The second-order valence-corrected chi connectivity index (χ2v) is 8.52. The minimum atomic E-state index is -3.64. The lowest BCUT2D eigenvalue weighted by Crippen LogP contribution is -2.41. The second kappa shape index (κ2) is 9.07. The third-order valence-electron chi connectivity index (χ3n) is 3.12. The summed E-state index contributed by atoms with van der Waals surface area (Å²) >= 11 is 7.56. The molecule has 1 amide bonds. The van der Waals surface area contributed by atoms with Crippen molar-refractivity contribution in [3.05, 3.63) is 53.7 Å². The largest absolute Gasteiger partial charge is 0.354 e. The van der Waals surface area contributed by atoms with Gasteiger partial charge in [-0.3, -0.25) is 9.10 Å². The number of aromatic nitrogens is 1. The van der Waals surface area contributed by atoms with E-state index in [1.807, 2.05) is 18.2 Å². The van der Waals surface area contributed by atoms with Crippen molar-refractivity contribution >= 4 is 45.0 Å². The number of pyridine rings is 1. The maximum atomic E-state index is 12.1. The summed E-state index contributed by atoms with van der Waals surface area (Å²) in [4.78, 5) is 16.3. The average Bonchev–Trinajstić information content (AvgIpc) is 2.57. The number of thioether (sulfide) groups is 1. The first-order chi connectivity index (χ1) is 11.9. The van der Waals surface area contributed by atoms with E-state index < -0.39 is 15.9 Å². The number of halogens is 1. The van der Waals surface area contributed by atoms with E-state index in [1.165, 1.54) is 11.8 Å². The number of hydrogen-bond donors (Lipinski definition) is 1. The lowest BCUT2D eigenvalue weighted by molar-refractivity contribution is -0.119. The van der Waals surface area contributed by atoms with Gasteiger partial charge in [0.2, 0.25) is 15.9 Å². The van der Waals surface area contributed by atoms with Gasteiger partial charge in [-0.1, -0.05) is 29.8 Å². The van der Waals surface area contributed by atoms with E-state index in [-0.39, 0.29) is 17.3 Å². The van der Waals surface area contributed by atoms with Crippen LogP contribution in [-0.2, 0) is 14.8 Å². The van der Waals surface area contributed by atoms with E-state index in [1.54, 1.807) is 30.5 Å². The van der Waals surface area contributed by atoms with Crippen molar-refractivity contribution < 1.29 is 13.2 Å². The summed E-state index contributed by atoms with van der Waals surface area (Å²) < 4.78 is 25.0. The molecule has 6 nitrogen and oxygen atoms in total. The van der Waals surface area contributed by atoms with Crippen molar-refractivity contribution in [3.63, 3.8) is 0 Å². The molecule has 9 heteroatoms. The molecule has 0 atom stereocenters. The Balaban J connectivity index is 1.91. The molecule has 0 unspecified atom stereocenters. The molecule has 0 aliphatic rings. The molecule has 0 aliphatic heterocycles. The number of nitrogens with zero attached hydrogens (tertiary/aromatic N) is 2. The maximum Gasteiger partial charge on any atom is 0.240 e. The Bertz CT molecular complexity index is 816. The number of amides is 1. The van der Waals surface area contributed by atoms with Crippen LogP contribution in [0.3, 0.4) is 0 Å². The second-order valence-electron chi connectivity index (χ2n) is 5.09. The quantitative estimate of drug-likeness (QED) is 0.544. The summed E-state index contributed by atoms with van der Waals surface area (Å²) in [5, 5.41) is 3.84. The van der Waals surface area contributed by atoms with Crippen LogP contribution in [0.25, 0.3) is 0 Å². The monoisotopic (exact) mass is 399 g/mol. The molecule has 0 fully saturated rings. The normalized spacial score (nSPS) is 11.1. The van der Waals surface area contributed by atoms with Gasteiger partial charge in [-0.15, -0.1) is 11.8 Å². The van der Waals surface area contributed by atoms with Crippen molar-refractivity contribution in [2.45, 2.75) is 5.03 Å². The number of rotatable bonds is 8. The zero-order valence-corrected chi connectivity index (χ0v) is 15.9. The standard InChI is InChI=1S/C16H18ClN3O3S2/c1-25(22,23)20(14-7-3-2-6-13(14)17)12-15(21)18-10-11-24-16-8-4-5-9-19-16/h2-9H,10-12H2,1H3,(H,18,21). The topological polar surface area (TPSA) is 79.4 Å². The summed E-state index contributed by atoms with van der Waals surface area (Å²) in [7, 11) is -3.64. The summed E-state index contributed by atoms with van der Waals surface area (Å²) in [5.74, 6) is 0.236. The summed E-state index contributed by atoms with van der Waals surface area (Å²) in [6.45, 7) is 0.0804. The number of carbonyl (C=O) groups excluding carboxylic acids is 1. The molecule has 1 aromatic heterocycles. The predicted octanol–water partition coefficient (Wildman–Crippen LogP) is 2.41. The number of carbonyl (C=O) groups is 1. The summed E-state index contributed by atoms with van der Waals surface area (Å²) in [6, 6.07) is 12.1. The first kappa shape index (κ1) is 19.6. The zero-order chi connectivity index (χ0) is 18.3. The Labute approximate surface area is 156 Å². The van der Waals surface area contributed by atoms with Gasteiger partial charge < -0.3 is 5.32 Å². The number of hydrogen-bond acceptors (Lipinski definition) is 5. The van der Waals surface area contributed by atoms with Crippen LogP contribution in [0.1, 0.15) is 0 Å². The fourth-order valence-corrected chi connectivity index (χ4v) is 3.88. The first-order valence-corrected chi connectivity index (χ1v) is 10.6. The maximum absolute atomic E-state index is 12.1. The zero-order valence-electron chi connectivity index (χ0n) is 13.6. The molecule has 25 heavy (non-hydrogen) atoms. The van der Waals surface area contributed by atoms with Gasteiger partial charge in [0, 0.05) is 18.5 Å². The minimum Gasteiger partial charge on any atom is -0.354 e. The molecule has 1 aromatic carbocycles. The molecule has 2 rings (SSSR count). The fourth-order valence-electron chi connectivity index (χ4n) is 2.00. The Morgan fingerprint density at radius 3 is 2.60 bits per heavy atom. The van der Waals surface area contributed by atoms with E-state index in [0.29, 0.717) is 12.3 Å². The van der Waals surface area contributed by atoms with Gasteiger partial charge in [-0.25, -0.2) is 13.4 Å². The molecular formula is C16H18ClN3O3S2. The molecule has 1 N–H and O–H groups in total. The van der Waals surface area contributed by atoms with Crippen LogP contribution in [0.5, 0.6) is 0 Å². The predicted molar refractivity (Wildman–Crippen MR) is 102 cm³/mol. The van der Waals surface area contributed by atoms with Crippen molar-refractivity contribution in [1.82, 2.24) is 10.3 Å². The minimum absolute atomic E-state index is 0.270. The third-order valence-corrected chi connectivity index (χ3v) is 5.51. The molecule has 0 aliphatic carbocycles. The molecule has 0 saturated carbocycles. The van der Waals surface area contributed by atoms with Crippen LogP contribution in [0.15, 0.2) is 53.7 Å². The van der Waals surface area contributed by atoms with Gasteiger partial charge in [-0.05, 0) is 24.3 Å². The van der Waals surface area contributed by atoms with Crippen LogP contribution in [0.2, 0.25) is 5.02 Å². The molecule has 2 aromatic rings. The van der Waals surface area contributed by atoms with Crippen LogP contribution < -0.4 is 9.62 Å². The summed E-state index contributed by atoms with van der Waals surface area (Å²) in [5.41, 5.74) is 0.282. The lowest BCUT2D eigenvalue weighted by atomic mass is 10.3. The highest BCUT2D eigenvalue weighted by atomic mass is 35.5. The van der Waals surface area contributed by atoms with Gasteiger partial charge in [0.25, 0.3) is 0 Å². The Morgan fingerprint density at radius 2 is 1.96 bits per heavy atom. The van der Waals surface area contributed by atoms with Gasteiger partial charge in [-0.2, -0.15) is 0 Å². The van der Waals surface area contributed by atoms with Crippen molar-refractivity contribution in [1.29, 1.82) is 0 Å². The number of nitrogens with one attached hydrogen (secondary N) is 1. The van der Waals surface area contributed by atoms with Gasteiger partial charge >= 0.3 is 0 Å². The molecule has 0 saturated heterocycles. The number of benzene rings is 1. The van der Waals surface area contributed by atoms with E-state index in [0.717, 1.165) is 15.6 Å². The fraction of sp³-hybridized carbons (Fsp3) is 0.250. The Hall–Kier alpha value is -1.77. The van der Waals surface area contributed by atoms with Gasteiger partial charge in [0.15, 0.2) is 0 Å². The number of sulfonamides is 1. The first-order valence-electron chi connectivity index (χ1n) is 7.40. The highest BCUT2D eigenvalue weighted by Gasteiger charge is 2.22. The van der Waals surface area contributed by atoms with E-state index in [9.17, 15) is 13.2 Å². The van der Waals surface area contributed by atoms with Crippen LogP contribution >= 0.6 is 23.4 Å². The van der Waals surface area contributed by atoms with Crippen molar-refractivity contribution in [2.24, 2.45) is 0 Å². The van der Waals surface area contributed by atoms with Crippen molar-refractivity contribution in [2.75, 3.05) is 29.4 Å². The molecule has 0 bridgehead atoms. The van der Waals surface area contributed by atoms with Gasteiger partial charge in [0.05, 0.1) is 22.0 Å². The molecule has 0 radical (unpaired) electrons. The molecule has 0 spiro atoms. The third kappa shape index (κ3) is 6.22. The van der Waals surface area contributed by atoms with Crippen LogP contribution in [-0.4, -0.2) is 44.4 Å². The SMILES string of the molecule is CS(=O)(=O)N(CC(=O)NCCSc1ccccn1)c1ccccc1Cl. The summed E-state index contributed by atoms with van der Waals surface area (Å²) in [6.07, 6.45) is 2.75. The number of anilines is 1. The highest BCUT2D eigenvalue weighted by molar-refractivity contribution is 7.99. The molecular weight excluding hydrogens is 382 g/mol. The van der Waals surface area contributed by atoms with E-state index >= 15 is 0 Å². The van der Waals surface area contributed by atoms with E-state index in [4.69, 9.17) is 11.6 Å². The number of para-hydroxylation sites is 1. The smallest absolute Gasteiger partial charge is 0.240 e. The Morgan fingerprint density at radius 1 is 1.24 bits per heavy atom. The van der Waals surface area contributed by atoms with E-state index in [2.05, 4.69) is 10.3 Å².